The van der Waals surface area contributed by atoms with E-state index >= 15 is 0 Å². The number of ether oxygens (including phenoxy) is 4. The molecule has 0 saturated heterocycles. The lowest BCUT2D eigenvalue weighted by molar-refractivity contribution is -0.161. The van der Waals surface area contributed by atoms with Gasteiger partial charge in [0.2, 0.25) is 0 Å². The number of aliphatic hydroxyl groups is 1. The van der Waals surface area contributed by atoms with Crippen LogP contribution in [0.15, 0.2) is 0 Å². The molecule has 564 valence electrons. The van der Waals surface area contributed by atoms with Gasteiger partial charge >= 0.3 is 39.5 Å². The molecule has 95 heavy (non-hydrogen) atoms. The summed E-state index contributed by atoms with van der Waals surface area (Å²) in [5.74, 6) is 0.934. The molecule has 17 nitrogen and oxygen atoms in total. The van der Waals surface area contributed by atoms with Crippen LogP contribution in [0.1, 0.15) is 383 Å². The maximum absolute atomic E-state index is 13.1. The summed E-state index contributed by atoms with van der Waals surface area (Å²) >= 11 is 0. The standard InChI is InChI=1S/C76H148O17P2/c1-9-69(8)55-47-39-30-24-20-21-27-33-43-51-59-76(81)93-72(63-87-74(79)57-49-41-35-34-38-46-54-68(6)7)65-91-95(84,85)89-61-70(77)60-88-94(82,83)90-64-71(62-86-73(78)56-48-40-31-25-19-15-17-23-29-37-45-53-67(4)5)92-75(80)58-50-42-32-26-18-14-12-10-11-13-16-22-28-36-44-52-66(2)3/h66-72,77H,9-65H2,1-8H3,(H,82,83)(H,84,85)/t69?,70-,71-,72-/m1/s1. The van der Waals surface area contributed by atoms with Gasteiger partial charge in [0.05, 0.1) is 26.4 Å². The quantitative estimate of drug-likeness (QED) is 0.0222. The van der Waals surface area contributed by atoms with E-state index in [-0.39, 0.29) is 25.7 Å². The van der Waals surface area contributed by atoms with Crippen LogP contribution >= 0.6 is 15.6 Å². The Morgan fingerprint density at radius 2 is 0.505 bits per heavy atom. The summed E-state index contributed by atoms with van der Waals surface area (Å²) in [6.07, 6.45) is 50.0. The van der Waals surface area contributed by atoms with Gasteiger partial charge in [0.25, 0.3) is 0 Å². The van der Waals surface area contributed by atoms with Crippen LogP contribution < -0.4 is 0 Å². The van der Waals surface area contributed by atoms with Crippen LogP contribution in [0.4, 0.5) is 0 Å². The summed E-state index contributed by atoms with van der Waals surface area (Å²) in [6, 6.07) is 0. The summed E-state index contributed by atoms with van der Waals surface area (Å²) in [4.78, 5) is 72.8. The molecule has 0 aromatic carbocycles. The Balaban J connectivity index is 5.24. The third-order valence-corrected chi connectivity index (χ3v) is 19.8. The molecule has 0 aromatic heterocycles. The van der Waals surface area contributed by atoms with Crippen LogP contribution in [-0.2, 0) is 65.4 Å². The number of esters is 4. The fourth-order valence-corrected chi connectivity index (χ4v) is 13.1. The molecule has 0 radical (unpaired) electrons. The Kier molecular flexibility index (Phi) is 64.0. The third kappa shape index (κ3) is 69.0. The van der Waals surface area contributed by atoms with Crippen LogP contribution in [0.5, 0.6) is 0 Å². The molecule has 0 aliphatic heterocycles. The van der Waals surface area contributed by atoms with Crippen molar-refractivity contribution in [2.75, 3.05) is 39.6 Å². The zero-order chi connectivity index (χ0) is 70.3. The van der Waals surface area contributed by atoms with E-state index in [2.05, 4.69) is 55.4 Å². The summed E-state index contributed by atoms with van der Waals surface area (Å²) in [5, 5.41) is 10.6. The molecule has 3 N–H and O–H groups in total. The first-order valence-electron chi connectivity index (χ1n) is 39.2. The van der Waals surface area contributed by atoms with E-state index in [1.807, 2.05) is 0 Å². The van der Waals surface area contributed by atoms with Gasteiger partial charge in [-0.25, -0.2) is 9.13 Å². The predicted octanol–water partition coefficient (Wildman–Crippen LogP) is 22.0. The third-order valence-electron chi connectivity index (χ3n) is 17.9. The number of rotatable bonds is 73. The van der Waals surface area contributed by atoms with Crippen molar-refractivity contribution >= 4 is 39.5 Å². The van der Waals surface area contributed by atoms with E-state index in [1.54, 1.807) is 0 Å². The minimum Gasteiger partial charge on any atom is -0.462 e. The highest BCUT2D eigenvalue weighted by molar-refractivity contribution is 7.47. The highest BCUT2D eigenvalue weighted by Gasteiger charge is 2.30. The number of aliphatic hydroxyl groups excluding tert-OH is 1. The van der Waals surface area contributed by atoms with E-state index in [1.165, 1.54) is 180 Å². The SMILES string of the molecule is CCC(C)CCCCCCCCCCCCC(=O)O[C@H](COC(=O)CCCCCCCCC(C)C)COP(=O)(O)OC[C@H](O)COP(=O)(O)OC[C@@H](COC(=O)CCCCCCCCCCCCCC(C)C)OC(=O)CCCCCCCCCCCCCCCCCC(C)C. The lowest BCUT2D eigenvalue weighted by Crippen LogP contribution is -2.30. The molecule has 0 fully saturated rings. The maximum Gasteiger partial charge on any atom is 0.472 e. The molecule has 0 saturated carbocycles. The zero-order valence-electron chi connectivity index (χ0n) is 62.3. The molecule has 0 rings (SSSR count). The summed E-state index contributed by atoms with van der Waals surface area (Å²) in [7, 11) is -9.91. The van der Waals surface area contributed by atoms with Crippen molar-refractivity contribution < 1.29 is 80.2 Å². The van der Waals surface area contributed by atoms with Crippen LogP contribution in [0.25, 0.3) is 0 Å². The van der Waals surface area contributed by atoms with Gasteiger partial charge in [0.1, 0.15) is 19.3 Å². The van der Waals surface area contributed by atoms with Crippen molar-refractivity contribution in [3.8, 4) is 0 Å². The molecule has 0 aliphatic carbocycles. The number of hydrogen-bond acceptors (Lipinski definition) is 15. The summed E-state index contributed by atoms with van der Waals surface area (Å²) in [6.45, 7) is 14.2. The number of unbranched alkanes of at least 4 members (excludes halogenated alkanes) is 38. The molecule has 0 amide bonds. The van der Waals surface area contributed by atoms with Gasteiger partial charge in [0, 0.05) is 25.7 Å². The average molecular weight is 1400 g/mol. The summed E-state index contributed by atoms with van der Waals surface area (Å²) < 4.78 is 68.5. The first kappa shape index (κ1) is 93.1. The second-order valence-corrected chi connectivity index (χ2v) is 32.0. The van der Waals surface area contributed by atoms with Gasteiger partial charge in [-0.1, -0.05) is 331 Å². The van der Waals surface area contributed by atoms with Crippen molar-refractivity contribution in [2.45, 2.75) is 401 Å². The molecule has 0 heterocycles. The molecule has 3 unspecified atom stereocenters. The Morgan fingerprint density at radius 1 is 0.295 bits per heavy atom. The number of hydrogen-bond donors (Lipinski definition) is 3. The minimum atomic E-state index is -4.96. The van der Waals surface area contributed by atoms with E-state index in [0.717, 1.165) is 114 Å². The van der Waals surface area contributed by atoms with Gasteiger partial charge in [0.15, 0.2) is 12.2 Å². The largest absolute Gasteiger partial charge is 0.472 e. The van der Waals surface area contributed by atoms with Crippen LogP contribution in [0.2, 0.25) is 0 Å². The fourth-order valence-electron chi connectivity index (χ4n) is 11.5. The first-order valence-corrected chi connectivity index (χ1v) is 42.2. The summed E-state index contributed by atoms with van der Waals surface area (Å²) in [5.41, 5.74) is 0. The van der Waals surface area contributed by atoms with Gasteiger partial charge in [-0.3, -0.25) is 37.3 Å². The number of phosphoric ester groups is 2. The van der Waals surface area contributed by atoms with E-state index < -0.39 is 97.5 Å². The molecule has 0 bridgehead atoms. The van der Waals surface area contributed by atoms with Gasteiger partial charge in [-0.2, -0.15) is 0 Å². The first-order chi connectivity index (χ1) is 45.6. The topological polar surface area (TPSA) is 237 Å². The predicted molar refractivity (Wildman–Crippen MR) is 386 cm³/mol. The van der Waals surface area contributed by atoms with Crippen LogP contribution in [0, 0.1) is 23.7 Å². The molecule has 19 heteroatoms. The Hall–Kier alpha value is -1.94. The van der Waals surface area contributed by atoms with Crippen molar-refractivity contribution in [1.29, 1.82) is 0 Å². The Morgan fingerprint density at radius 3 is 0.747 bits per heavy atom. The lowest BCUT2D eigenvalue weighted by Gasteiger charge is -2.21. The lowest BCUT2D eigenvalue weighted by atomic mass is 9.99. The Labute approximate surface area is 581 Å². The Bertz CT molecular complexity index is 1870. The molecule has 6 atom stereocenters. The second-order valence-electron chi connectivity index (χ2n) is 29.1. The smallest absolute Gasteiger partial charge is 0.462 e. The molecular formula is C76H148O17P2. The molecule has 0 spiro atoms. The van der Waals surface area contributed by atoms with Crippen molar-refractivity contribution in [3.05, 3.63) is 0 Å². The number of carbonyl (C=O) groups is 4. The monoisotopic (exact) mass is 1400 g/mol. The minimum absolute atomic E-state index is 0.105. The van der Waals surface area contributed by atoms with Gasteiger partial charge in [-0.05, 0) is 49.4 Å². The maximum atomic E-state index is 13.1. The van der Waals surface area contributed by atoms with E-state index in [0.29, 0.717) is 31.6 Å². The van der Waals surface area contributed by atoms with Gasteiger partial charge in [-0.15, -0.1) is 0 Å². The van der Waals surface area contributed by atoms with Crippen LogP contribution in [0.3, 0.4) is 0 Å². The highest BCUT2D eigenvalue weighted by Crippen LogP contribution is 2.45. The number of phosphoric acid groups is 2. The van der Waals surface area contributed by atoms with Gasteiger partial charge < -0.3 is 33.8 Å². The average Bonchev–Trinajstić information content (AvgIpc) is 2.78. The normalized spacial score (nSPS) is 14.4. The van der Waals surface area contributed by atoms with E-state index in [4.69, 9.17) is 37.0 Å². The van der Waals surface area contributed by atoms with Crippen molar-refractivity contribution in [1.82, 2.24) is 0 Å². The second kappa shape index (κ2) is 65.4. The van der Waals surface area contributed by atoms with Crippen molar-refractivity contribution in [2.24, 2.45) is 23.7 Å². The van der Waals surface area contributed by atoms with E-state index in [9.17, 15) is 43.2 Å². The number of carbonyl (C=O) groups excluding carboxylic acids is 4. The highest BCUT2D eigenvalue weighted by atomic mass is 31.2. The fraction of sp³-hybridized carbons (Fsp3) is 0.947. The molecule has 0 aliphatic rings. The molecular weight excluding hydrogens is 1250 g/mol. The van der Waals surface area contributed by atoms with Crippen LogP contribution in [-0.4, -0.2) is 96.7 Å². The zero-order valence-corrected chi connectivity index (χ0v) is 64.1. The van der Waals surface area contributed by atoms with Crippen molar-refractivity contribution in [3.63, 3.8) is 0 Å². The molecule has 0 aromatic rings.